The van der Waals surface area contributed by atoms with E-state index in [4.69, 9.17) is 11.6 Å². The molecule has 0 radical (unpaired) electrons. The number of hydrogen-bond donors (Lipinski definition) is 1. The molecule has 5 nitrogen and oxygen atoms in total. The average molecular weight is 488 g/mol. The SMILES string of the molecule is O=C(N[C@H]1CCCc2ccccc21)c1ccc(-n2nc(Sc3ccc(Cl)cc3)ccc2=O)cc1. The fourth-order valence-corrected chi connectivity index (χ4v) is 5.05. The molecule has 1 aromatic heterocycles. The minimum Gasteiger partial charge on any atom is -0.345 e. The van der Waals surface area contributed by atoms with Gasteiger partial charge in [0.05, 0.1) is 11.7 Å². The molecule has 0 aliphatic heterocycles. The Morgan fingerprint density at radius 1 is 0.971 bits per heavy atom. The Labute approximate surface area is 206 Å². The van der Waals surface area contributed by atoms with Crippen molar-refractivity contribution >= 4 is 29.3 Å². The summed E-state index contributed by atoms with van der Waals surface area (Å²) in [5.74, 6) is -0.124. The van der Waals surface area contributed by atoms with Gasteiger partial charge >= 0.3 is 0 Å². The number of hydrogen-bond acceptors (Lipinski definition) is 4. The molecule has 1 atom stereocenters. The highest BCUT2D eigenvalue weighted by atomic mass is 35.5. The summed E-state index contributed by atoms with van der Waals surface area (Å²) in [6, 6.07) is 25.9. The van der Waals surface area contributed by atoms with Crippen molar-refractivity contribution < 1.29 is 4.79 Å². The van der Waals surface area contributed by atoms with Crippen molar-refractivity contribution in [2.24, 2.45) is 0 Å². The first-order valence-electron chi connectivity index (χ1n) is 11.1. The zero-order valence-electron chi connectivity index (χ0n) is 18.3. The second-order valence-electron chi connectivity index (χ2n) is 8.14. The monoisotopic (exact) mass is 487 g/mol. The average Bonchev–Trinajstić information content (AvgIpc) is 2.87. The second kappa shape index (κ2) is 9.87. The summed E-state index contributed by atoms with van der Waals surface area (Å²) in [5, 5.41) is 9.00. The Morgan fingerprint density at radius 3 is 2.53 bits per heavy atom. The van der Waals surface area contributed by atoms with Crippen LogP contribution in [0.15, 0.2) is 99.6 Å². The summed E-state index contributed by atoms with van der Waals surface area (Å²) in [6.45, 7) is 0. The Hall–Kier alpha value is -3.35. The lowest BCUT2D eigenvalue weighted by molar-refractivity contribution is 0.0932. The van der Waals surface area contributed by atoms with Crippen LogP contribution in [0.4, 0.5) is 0 Å². The molecule has 1 aliphatic carbocycles. The van der Waals surface area contributed by atoms with Gasteiger partial charge in [0.2, 0.25) is 0 Å². The van der Waals surface area contributed by atoms with Crippen molar-refractivity contribution in [3.63, 3.8) is 0 Å². The topological polar surface area (TPSA) is 64.0 Å². The lowest BCUT2D eigenvalue weighted by Crippen LogP contribution is -2.31. The zero-order chi connectivity index (χ0) is 23.5. The van der Waals surface area contributed by atoms with Crippen LogP contribution in [0.3, 0.4) is 0 Å². The highest BCUT2D eigenvalue weighted by Crippen LogP contribution is 2.30. The van der Waals surface area contributed by atoms with Crippen LogP contribution in [0.5, 0.6) is 0 Å². The minimum absolute atomic E-state index is 0.0167. The number of rotatable bonds is 5. The molecule has 4 aromatic rings. The van der Waals surface area contributed by atoms with Crippen LogP contribution in [0, 0.1) is 0 Å². The molecule has 1 aliphatic rings. The van der Waals surface area contributed by atoms with E-state index in [9.17, 15) is 9.59 Å². The smallest absolute Gasteiger partial charge is 0.271 e. The number of amides is 1. The molecular formula is C27H22ClN3O2S. The van der Waals surface area contributed by atoms with Crippen molar-refractivity contribution in [2.45, 2.75) is 35.2 Å². The fourth-order valence-electron chi connectivity index (χ4n) is 4.16. The van der Waals surface area contributed by atoms with Gasteiger partial charge in [-0.15, -0.1) is 0 Å². The highest BCUT2D eigenvalue weighted by molar-refractivity contribution is 7.99. The van der Waals surface area contributed by atoms with Gasteiger partial charge in [0.1, 0.15) is 5.03 Å². The summed E-state index contributed by atoms with van der Waals surface area (Å²) in [4.78, 5) is 26.3. The molecular weight excluding hydrogens is 466 g/mol. The number of fused-ring (bicyclic) bond motifs is 1. The lowest BCUT2D eigenvalue weighted by atomic mass is 9.87. The van der Waals surface area contributed by atoms with Gasteiger partial charge in [-0.1, -0.05) is 47.6 Å². The summed E-state index contributed by atoms with van der Waals surface area (Å²) >= 11 is 7.40. The van der Waals surface area contributed by atoms with E-state index in [1.807, 2.05) is 36.4 Å². The summed E-state index contributed by atoms with van der Waals surface area (Å²) in [6.07, 6.45) is 3.03. The second-order valence-corrected chi connectivity index (χ2v) is 9.67. The van der Waals surface area contributed by atoms with E-state index >= 15 is 0 Å². The van der Waals surface area contributed by atoms with E-state index in [0.717, 1.165) is 24.2 Å². The molecule has 0 saturated heterocycles. The van der Waals surface area contributed by atoms with Gasteiger partial charge in [-0.3, -0.25) is 9.59 Å². The molecule has 170 valence electrons. The number of halogens is 1. The van der Waals surface area contributed by atoms with E-state index < -0.39 is 0 Å². The van der Waals surface area contributed by atoms with Crippen molar-refractivity contribution in [1.82, 2.24) is 15.1 Å². The van der Waals surface area contributed by atoms with Gasteiger partial charge in [0.15, 0.2) is 0 Å². The number of aromatic nitrogens is 2. The van der Waals surface area contributed by atoms with Crippen molar-refractivity contribution in [2.75, 3.05) is 0 Å². The standard InChI is InChI=1S/C27H22ClN3O2S/c28-20-10-14-22(15-11-20)34-25-16-17-26(32)31(30-25)21-12-8-19(9-13-21)27(33)29-24-7-3-5-18-4-1-2-6-23(18)24/h1-2,4,6,8-17,24H,3,5,7H2,(H,29,33)/t24-/m0/s1. The number of nitrogens with one attached hydrogen (secondary N) is 1. The van der Waals surface area contributed by atoms with E-state index in [-0.39, 0.29) is 17.5 Å². The zero-order valence-corrected chi connectivity index (χ0v) is 19.9. The molecule has 1 amide bonds. The third-order valence-electron chi connectivity index (χ3n) is 5.86. The first kappa shape index (κ1) is 22.4. The van der Waals surface area contributed by atoms with Gasteiger partial charge < -0.3 is 5.32 Å². The van der Waals surface area contributed by atoms with E-state index in [1.54, 1.807) is 30.3 Å². The normalized spacial score (nSPS) is 14.9. The van der Waals surface area contributed by atoms with Crippen LogP contribution < -0.4 is 10.9 Å². The Bertz CT molecular complexity index is 1380. The number of benzene rings is 3. The highest BCUT2D eigenvalue weighted by Gasteiger charge is 2.22. The van der Waals surface area contributed by atoms with Crippen LogP contribution in [-0.2, 0) is 6.42 Å². The maximum Gasteiger partial charge on any atom is 0.271 e. The van der Waals surface area contributed by atoms with E-state index in [2.05, 4.69) is 22.5 Å². The largest absolute Gasteiger partial charge is 0.345 e. The maximum absolute atomic E-state index is 12.9. The first-order valence-corrected chi connectivity index (χ1v) is 12.3. The van der Waals surface area contributed by atoms with Crippen LogP contribution in [0.1, 0.15) is 40.4 Å². The molecule has 0 bridgehead atoms. The van der Waals surface area contributed by atoms with Crippen LogP contribution in [0.2, 0.25) is 5.02 Å². The Morgan fingerprint density at radius 2 is 1.74 bits per heavy atom. The predicted molar refractivity (Wildman–Crippen MR) is 135 cm³/mol. The summed E-state index contributed by atoms with van der Waals surface area (Å²) < 4.78 is 1.34. The van der Waals surface area contributed by atoms with Gasteiger partial charge in [-0.05, 0) is 85.0 Å². The minimum atomic E-state index is -0.239. The molecule has 0 spiro atoms. The summed E-state index contributed by atoms with van der Waals surface area (Å²) in [5.41, 5.74) is 3.41. The number of aryl methyl sites for hydroxylation is 1. The molecule has 34 heavy (non-hydrogen) atoms. The molecule has 0 saturated carbocycles. The van der Waals surface area contributed by atoms with E-state index in [1.165, 1.54) is 33.6 Å². The van der Waals surface area contributed by atoms with Crippen molar-refractivity contribution in [3.8, 4) is 5.69 Å². The molecule has 0 fully saturated rings. The van der Waals surface area contributed by atoms with Gasteiger partial charge in [0.25, 0.3) is 11.5 Å². The molecule has 0 unspecified atom stereocenters. The van der Waals surface area contributed by atoms with Crippen LogP contribution >= 0.6 is 23.4 Å². The Kier molecular flexibility index (Phi) is 6.52. The molecule has 1 N–H and O–H groups in total. The van der Waals surface area contributed by atoms with E-state index in [0.29, 0.717) is 21.3 Å². The number of nitrogens with zero attached hydrogens (tertiary/aromatic N) is 2. The fraction of sp³-hybridized carbons (Fsp3) is 0.148. The third-order valence-corrected chi connectivity index (χ3v) is 7.05. The van der Waals surface area contributed by atoms with Crippen molar-refractivity contribution in [1.29, 1.82) is 0 Å². The molecule has 3 aromatic carbocycles. The maximum atomic E-state index is 12.9. The molecule has 5 rings (SSSR count). The first-order chi connectivity index (χ1) is 16.6. The summed E-state index contributed by atoms with van der Waals surface area (Å²) in [7, 11) is 0. The Balaban J connectivity index is 1.33. The van der Waals surface area contributed by atoms with Crippen molar-refractivity contribution in [3.05, 3.63) is 117 Å². The van der Waals surface area contributed by atoms with Gasteiger partial charge in [-0.25, -0.2) is 0 Å². The lowest BCUT2D eigenvalue weighted by Gasteiger charge is -2.26. The quantitative estimate of drug-likeness (QED) is 0.384. The third kappa shape index (κ3) is 4.93. The predicted octanol–water partition coefficient (Wildman–Crippen LogP) is 5.84. The van der Waals surface area contributed by atoms with Crippen LogP contribution in [0.25, 0.3) is 5.69 Å². The van der Waals surface area contributed by atoms with Gasteiger partial charge in [0, 0.05) is 21.5 Å². The van der Waals surface area contributed by atoms with Gasteiger partial charge in [-0.2, -0.15) is 9.78 Å². The molecule has 1 heterocycles. The van der Waals surface area contributed by atoms with Crippen LogP contribution in [-0.4, -0.2) is 15.7 Å². The molecule has 7 heteroatoms. The number of carbonyl (C=O) groups excluding carboxylic acids is 1. The number of carbonyl (C=O) groups is 1.